The summed E-state index contributed by atoms with van der Waals surface area (Å²) in [6.45, 7) is 0.314. The van der Waals surface area contributed by atoms with E-state index < -0.39 is 30.8 Å². The average Bonchev–Trinajstić information content (AvgIpc) is 2.34. The van der Waals surface area contributed by atoms with Gasteiger partial charge in [-0.3, -0.25) is 14.5 Å². The van der Waals surface area contributed by atoms with Crippen LogP contribution >= 0.6 is 0 Å². The van der Waals surface area contributed by atoms with Crippen LogP contribution in [0.2, 0.25) is 0 Å². The number of piperidine rings is 1. The fraction of sp³-hybridized carbons (Fsp3) is 0.818. The highest BCUT2D eigenvalue weighted by Crippen LogP contribution is 2.18. The van der Waals surface area contributed by atoms with Gasteiger partial charge in [-0.05, 0) is 6.42 Å². The largest absolute Gasteiger partial charge is 0.469 e. The first-order valence-corrected chi connectivity index (χ1v) is 6.02. The Kier molecular flexibility index (Phi) is 6.10. The summed E-state index contributed by atoms with van der Waals surface area (Å²) in [5.74, 6) is -1.36. The lowest BCUT2D eigenvalue weighted by Gasteiger charge is -2.36. The van der Waals surface area contributed by atoms with Crippen molar-refractivity contribution in [1.29, 1.82) is 0 Å². The molecule has 0 aliphatic carbocycles. The quantitative estimate of drug-likeness (QED) is 0.621. The summed E-state index contributed by atoms with van der Waals surface area (Å²) in [4.78, 5) is 24.1. The third kappa shape index (κ3) is 5.48. The van der Waals surface area contributed by atoms with Crippen molar-refractivity contribution in [2.24, 2.45) is 11.7 Å². The summed E-state index contributed by atoms with van der Waals surface area (Å²) in [5.41, 5.74) is 5.11. The van der Waals surface area contributed by atoms with E-state index in [-0.39, 0.29) is 12.6 Å². The molecule has 1 rings (SSSR count). The average molecular weight is 279 g/mol. The van der Waals surface area contributed by atoms with E-state index in [2.05, 4.69) is 10.1 Å². The van der Waals surface area contributed by atoms with Crippen LogP contribution < -0.4 is 11.1 Å². The van der Waals surface area contributed by atoms with Crippen molar-refractivity contribution in [3.63, 3.8) is 0 Å². The number of alkyl halides is 2. The number of amides is 1. The molecule has 1 aliphatic heterocycles. The summed E-state index contributed by atoms with van der Waals surface area (Å²) in [7, 11) is 1.27. The number of hydrogen-bond donors (Lipinski definition) is 2. The van der Waals surface area contributed by atoms with E-state index in [1.165, 1.54) is 7.11 Å². The second-order valence-electron chi connectivity index (χ2n) is 4.61. The first-order valence-electron chi connectivity index (χ1n) is 6.02. The standard InChI is InChI=1S/C11H19F2N3O3/c1-19-11(18)7-2-8(15-3-9(12)13)5-16(4-7)6-10(14)17/h7-9,15H,2-6H2,1H3,(H2,14,17). The Bertz CT molecular complexity index is 328. The topological polar surface area (TPSA) is 84.7 Å². The van der Waals surface area contributed by atoms with Gasteiger partial charge >= 0.3 is 5.97 Å². The second kappa shape index (κ2) is 7.34. The normalized spacial score (nSPS) is 24.4. The van der Waals surface area contributed by atoms with Gasteiger partial charge in [-0.15, -0.1) is 0 Å². The maximum atomic E-state index is 12.2. The predicted octanol–water partition coefficient (Wildman–Crippen LogP) is -0.810. The monoisotopic (exact) mass is 279 g/mol. The number of rotatable bonds is 6. The van der Waals surface area contributed by atoms with Crippen LogP contribution in [0.3, 0.4) is 0 Å². The van der Waals surface area contributed by atoms with Gasteiger partial charge in [-0.1, -0.05) is 0 Å². The molecule has 110 valence electrons. The van der Waals surface area contributed by atoms with Crippen molar-refractivity contribution in [3.8, 4) is 0 Å². The highest BCUT2D eigenvalue weighted by molar-refractivity contribution is 5.76. The number of hydrogen-bond acceptors (Lipinski definition) is 5. The number of carbonyl (C=O) groups is 2. The lowest BCUT2D eigenvalue weighted by Crippen LogP contribution is -2.53. The molecule has 1 fully saturated rings. The summed E-state index contributed by atoms with van der Waals surface area (Å²) in [6.07, 6.45) is -2.04. The number of nitrogens with two attached hydrogens (primary N) is 1. The number of esters is 1. The van der Waals surface area contributed by atoms with Gasteiger partial charge in [0.05, 0.1) is 26.1 Å². The summed E-state index contributed by atoms with van der Waals surface area (Å²) < 4.78 is 29.0. The number of nitrogens with zero attached hydrogens (tertiary/aromatic N) is 1. The van der Waals surface area contributed by atoms with E-state index in [1.54, 1.807) is 4.90 Å². The summed E-state index contributed by atoms with van der Waals surface area (Å²) in [6, 6.07) is -0.286. The minimum absolute atomic E-state index is 0.000350. The molecule has 2 unspecified atom stereocenters. The van der Waals surface area contributed by atoms with Gasteiger partial charge in [0, 0.05) is 19.1 Å². The van der Waals surface area contributed by atoms with Gasteiger partial charge in [0.15, 0.2) is 0 Å². The highest BCUT2D eigenvalue weighted by Gasteiger charge is 2.32. The Labute approximate surface area is 110 Å². The van der Waals surface area contributed by atoms with Crippen LogP contribution in [0.15, 0.2) is 0 Å². The Morgan fingerprint density at radius 1 is 1.47 bits per heavy atom. The number of halogens is 2. The SMILES string of the molecule is COC(=O)C1CC(NCC(F)F)CN(CC(N)=O)C1. The molecule has 6 nitrogen and oxygen atoms in total. The molecule has 1 heterocycles. The minimum Gasteiger partial charge on any atom is -0.469 e. The smallest absolute Gasteiger partial charge is 0.310 e. The predicted molar refractivity (Wildman–Crippen MR) is 63.6 cm³/mol. The van der Waals surface area contributed by atoms with Crippen molar-refractivity contribution in [2.45, 2.75) is 18.9 Å². The van der Waals surface area contributed by atoms with Gasteiger partial charge in [0.1, 0.15) is 0 Å². The molecule has 1 saturated heterocycles. The fourth-order valence-corrected chi connectivity index (χ4v) is 2.28. The van der Waals surface area contributed by atoms with E-state index in [9.17, 15) is 18.4 Å². The maximum Gasteiger partial charge on any atom is 0.310 e. The third-order valence-electron chi connectivity index (χ3n) is 3.00. The number of ether oxygens (including phenoxy) is 1. The van der Waals surface area contributed by atoms with Crippen LogP contribution in [0.25, 0.3) is 0 Å². The molecule has 1 aliphatic rings. The van der Waals surface area contributed by atoms with Gasteiger partial charge in [0.25, 0.3) is 6.43 Å². The fourth-order valence-electron chi connectivity index (χ4n) is 2.28. The molecule has 2 atom stereocenters. The van der Waals surface area contributed by atoms with Crippen LogP contribution in [0.1, 0.15) is 6.42 Å². The van der Waals surface area contributed by atoms with Crippen LogP contribution in [-0.4, -0.2) is 62.5 Å². The molecule has 8 heteroatoms. The number of primary amides is 1. The van der Waals surface area contributed by atoms with Crippen molar-refractivity contribution in [2.75, 3.05) is 33.3 Å². The van der Waals surface area contributed by atoms with Crippen molar-refractivity contribution < 1.29 is 23.1 Å². The van der Waals surface area contributed by atoms with Gasteiger partial charge in [-0.2, -0.15) is 0 Å². The molecule has 19 heavy (non-hydrogen) atoms. The van der Waals surface area contributed by atoms with E-state index in [1.807, 2.05) is 0 Å². The third-order valence-corrected chi connectivity index (χ3v) is 3.00. The lowest BCUT2D eigenvalue weighted by atomic mass is 9.94. The Balaban J connectivity index is 2.60. The maximum absolute atomic E-state index is 12.2. The number of nitrogens with one attached hydrogen (secondary N) is 1. The van der Waals surface area contributed by atoms with E-state index >= 15 is 0 Å². The zero-order chi connectivity index (χ0) is 14.4. The van der Waals surface area contributed by atoms with Crippen LogP contribution in [0.4, 0.5) is 8.78 Å². The molecule has 0 aromatic rings. The number of carbonyl (C=O) groups excluding carboxylic acids is 2. The molecule has 3 N–H and O–H groups in total. The highest BCUT2D eigenvalue weighted by atomic mass is 19.3. The Morgan fingerprint density at radius 3 is 2.68 bits per heavy atom. The molecule has 0 radical (unpaired) electrons. The summed E-state index contributed by atoms with van der Waals surface area (Å²) in [5, 5.41) is 2.68. The molecule has 0 spiro atoms. The van der Waals surface area contributed by atoms with Gasteiger partial charge in [0.2, 0.25) is 5.91 Å². The molecular formula is C11H19F2N3O3. The van der Waals surface area contributed by atoms with E-state index in [0.717, 1.165) is 0 Å². The number of methoxy groups -OCH3 is 1. The van der Waals surface area contributed by atoms with E-state index in [0.29, 0.717) is 19.5 Å². The molecule has 0 aromatic heterocycles. The van der Waals surface area contributed by atoms with E-state index in [4.69, 9.17) is 5.73 Å². The summed E-state index contributed by atoms with van der Waals surface area (Å²) >= 11 is 0. The Morgan fingerprint density at radius 2 is 2.16 bits per heavy atom. The molecule has 1 amide bonds. The molecular weight excluding hydrogens is 260 g/mol. The molecule has 0 saturated carbocycles. The minimum atomic E-state index is -2.46. The molecule has 0 bridgehead atoms. The van der Waals surface area contributed by atoms with Crippen LogP contribution in [0.5, 0.6) is 0 Å². The molecule has 0 aromatic carbocycles. The zero-order valence-corrected chi connectivity index (χ0v) is 10.8. The number of likely N-dealkylation sites (tertiary alicyclic amines) is 1. The Hall–Kier alpha value is -1.28. The lowest BCUT2D eigenvalue weighted by molar-refractivity contribution is -0.148. The van der Waals surface area contributed by atoms with Crippen molar-refractivity contribution in [3.05, 3.63) is 0 Å². The van der Waals surface area contributed by atoms with Crippen molar-refractivity contribution >= 4 is 11.9 Å². The second-order valence-corrected chi connectivity index (χ2v) is 4.61. The van der Waals surface area contributed by atoms with Crippen molar-refractivity contribution in [1.82, 2.24) is 10.2 Å². The van der Waals surface area contributed by atoms with Gasteiger partial charge in [-0.25, -0.2) is 8.78 Å². The first-order chi connectivity index (χ1) is 8.92. The van der Waals surface area contributed by atoms with Gasteiger partial charge < -0.3 is 15.8 Å². The van der Waals surface area contributed by atoms with Crippen LogP contribution in [0, 0.1) is 5.92 Å². The van der Waals surface area contributed by atoms with Crippen LogP contribution in [-0.2, 0) is 14.3 Å². The first kappa shape index (κ1) is 15.8. The zero-order valence-electron chi connectivity index (χ0n) is 10.8.